The van der Waals surface area contributed by atoms with E-state index < -0.39 is 5.91 Å². The minimum absolute atomic E-state index is 0.114. The van der Waals surface area contributed by atoms with E-state index in [9.17, 15) is 19.2 Å². The number of benzene rings is 1. The van der Waals surface area contributed by atoms with Crippen molar-refractivity contribution in [1.82, 2.24) is 10.2 Å². The van der Waals surface area contributed by atoms with Crippen molar-refractivity contribution in [3.8, 4) is 11.8 Å². The van der Waals surface area contributed by atoms with E-state index in [4.69, 9.17) is 0 Å². The van der Waals surface area contributed by atoms with Gasteiger partial charge in [0.2, 0.25) is 23.6 Å². The van der Waals surface area contributed by atoms with Crippen LogP contribution in [0.5, 0.6) is 0 Å². The molecule has 4 amide bonds. The Morgan fingerprint density at radius 2 is 1.75 bits per heavy atom. The molecule has 0 unspecified atom stereocenters. The Labute approximate surface area is 139 Å². The second kappa shape index (κ2) is 7.92. The molecule has 0 saturated carbocycles. The number of hydrogen-bond donors (Lipinski definition) is 2. The summed E-state index contributed by atoms with van der Waals surface area (Å²) in [5, 5.41) is 5.19. The van der Waals surface area contributed by atoms with Gasteiger partial charge in [-0.1, -0.05) is 11.8 Å². The molecular formula is C17H17N3O4. The molecule has 24 heavy (non-hydrogen) atoms. The normalized spacial score (nSPS) is 13.3. The standard InChI is InChI=1S/C17H17N3O4/c1-12(21)19-14-6-4-13(5-7-14)3-2-10-18-15(22)11-20-16(23)8-9-17(20)24/h4-7H,8-11H2,1H3,(H,18,22)(H,19,21). The van der Waals surface area contributed by atoms with E-state index in [1.165, 1.54) is 6.92 Å². The summed E-state index contributed by atoms with van der Waals surface area (Å²) in [7, 11) is 0. The maximum atomic E-state index is 11.7. The highest BCUT2D eigenvalue weighted by Gasteiger charge is 2.30. The summed E-state index contributed by atoms with van der Waals surface area (Å²) >= 11 is 0. The number of likely N-dealkylation sites (tertiary alicyclic amines) is 1. The number of nitrogens with zero attached hydrogens (tertiary/aromatic N) is 1. The molecule has 7 heteroatoms. The van der Waals surface area contributed by atoms with Crippen LogP contribution < -0.4 is 10.6 Å². The first-order valence-corrected chi connectivity index (χ1v) is 7.42. The molecule has 2 N–H and O–H groups in total. The Bertz CT molecular complexity index is 712. The first kappa shape index (κ1) is 17.2. The lowest BCUT2D eigenvalue weighted by atomic mass is 10.2. The maximum absolute atomic E-state index is 11.7. The molecule has 0 aliphatic carbocycles. The van der Waals surface area contributed by atoms with Crippen LogP contribution in [0, 0.1) is 11.8 Å². The van der Waals surface area contributed by atoms with E-state index >= 15 is 0 Å². The summed E-state index contributed by atoms with van der Waals surface area (Å²) in [5.74, 6) is 4.44. The Kier molecular flexibility index (Phi) is 5.68. The third-order valence-electron chi connectivity index (χ3n) is 3.27. The SMILES string of the molecule is CC(=O)Nc1ccc(C#CCNC(=O)CN2C(=O)CCC2=O)cc1. The van der Waals surface area contributed by atoms with E-state index in [1.54, 1.807) is 24.3 Å². The van der Waals surface area contributed by atoms with Gasteiger partial charge in [-0.15, -0.1) is 0 Å². The highest BCUT2D eigenvalue weighted by Crippen LogP contribution is 2.10. The zero-order valence-electron chi connectivity index (χ0n) is 13.2. The molecule has 1 aromatic carbocycles. The Hall–Kier alpha value is -3.14. The average molecular weight is 327 g/mol. The highest BCUT2D eigenvalue weighted by atomic mass is 16.2. The number of rotatable bonds is 4. The van der Waals surface area contributed by atoms with Crippen molar-refractivity contribution >= 4 is 29.3 Å². The van der Waals surface area contributed by atoms with E-state index in [1.807, 2.05) is 0 Å². The molecule has 0 atom stereocenters. The first-order chi connectivity index (χ1) is 11.5. The number of hydrogen-bond acceptors (Lipinski definition) is 4. The lowest BCUT2D eigenvalue weighted by Gasteiger charge is -2.12. The van der Waals surface area contributed by atoms with E-state index in [0.29, 0.717) is 5.69 Å². The third kappa shape index (κ3) is 4.95. The molecule has 7 nitrogen and oxygen atoms in total. The van der Waals surface area contributed by atoms with Gasteiger partial charge in [0, 0.05) is 31.0 Å². The molecule has 1 saturated heterocycles. The molecule has 1 fully saturated rings. The fraction of sp³-hybridized carbons (Fsp3) is 0.294. The second-order valence-corrected chi connectivity index (χ2v) is 5.21. The Balaban J connectivity index is 1.78. The monoisotopic (exact) mass is 327 g/mol. The topological polar surface area (TPSA) is 95.6 Å². The van der Waals surface area contributed by atoms with Gasteiger partial charge >= 0.3 is 0 Å². The van der Waals surface area contributed by atoms with Crippen molar-refractivity contribution in [3.05, 3.63) is 29.8 Å². The number of imide groups is 1. The molecule has 1 heterocycles. The molecule has 0 spiro atoms. The van der Waals surface area contributed by atoms with Gasteiger partial charge in [0.1, 0.15) is 6.54 Å². The van der Waals surface area contributed by atoms with Crippen LogP contribution in [0.25, 0.3) is 0 Å². The zero-order chi connectivity index (χ0) is 17.5. The molecule has 2 rings (SSSR count). The molecule has 1 aromatic rings. The van der Waals surface area contributed by atoms with Crippen LogP contribution in [0.15, 0.2) is 24.3 Å². The predicted octanol–water partition coefficient (Wildman–Crippen LogP) is 0.262. The highest BCUT2D eigenvalue weighted by molar-refractivity contribution is 6.04. The van der Waals surface area contributed by atoms with Gasteiger partial charge < -0.3 is 10.6 Å². The van der Waals surface area contributed by atoms with Crippen molar-refractivity contribution in [2.45, 2.75) is 19.8 Å². The van der Waals surface area contributed by atoms with E-state index in [-0.39, 0.29) is 43.7 Å². The lowest BCUT2D eigenvalue weighted by molar-refractivity contribution is -0.142. The van der Waals surface area contributed by atoms with E-state index in [2.05, 4.69) is 22.5 Å². The lowest BCUT2D eigenvalue weighted by Crippen LogP contribution is -2.40. The second-order valence-electron chi connectivity index (χ2n) is 5.21. The summed E-state index contributed by atoms with van der Waals surface area (Å²) in [5.41, 5.74) is 1.42. The van der Waals surface area contributed by atoms with Gasteiger partial charge in [-0.05, 0) is 24.3 Å². The molecule has 1 aliphatic heterocycles. The molecule has 0 radical (unpaired) electrons. The molecule has 1 aliphatic rings. The van der Waals surface area contributed by atoms with Crippen molar-refractivity contribution in [1.29, 1.82) is 0 Å². The predicted molar refractivity (Wildman–Crippen MR) is 86.6 cm³/mol. The Morgan fingerprint density at radius 3 is 2.33 bits per heavy atom. The summed E-state index contributed by atoms with van der Waals surface area (Å²) in [6.07, 6.45) is 0.334. The van der Waals surface area contributed by atoms with Crippen molar-refractivity contribution in [2.24, 2.45) is 0 Å². The minimum Gasteiger partial charge on any atom is -0.344 e. The van der Waals surface area contributed by atoms with Crippen LogP contribution in [-0.4, -0.2) is 41.6 Å². The first-order valence-electron chi connectivity index (χ1n) is 7.42. The number of carbonyl (C=O) groups is 4. The molecule has 124 valence electrons. The number of carbonyl (C=O) groups excluding carboxylic acids is 4. The summed E-state index contributed by atoms with van der Waals surface area (Å²) in [4.78, 5) is 46.4. The van der Waals surface area contributed by atoms with Gasteiger partial charge in [0.15, 0.2) is 0 Å². The fourth-order valence-corrected chi connectivity index (χ4v) is 2.13. The molecule has 0 aromatic heterocycles. The molecule has 0 bridgehead atoms. The largest absolute Gasteiger partial charge is 0.344 e. The minimum atomic E-state index is -0.422. The maximum Gasteiger partial charge on any atom is 0.240 e. The van der Waals surface area contributed by atoms with Gasteiger partial charge in [0.25, 0.3) is 0 Å². The average Bonchev–Trinajstić information content (AvgIpc) is 2.84. The van der Waals surface area contributed by atoms with Crippen LogP contribution >= 0.6 is 0 Å². The van der Waals surface area contributed by atoms with E-state index in [0.717, 1.165) is 10.5 Å². The summed E-state index contributed by atoms with van der Waals surface area (Å²) < 4.78 is 0. The van der Waals surface area contributed by atoms with Gasteiger partial charge in [-0.25, -0.2) is 0 Å². The molecular weight excluding hydrogens is 310 g/mol. The number of amides is 4. The summed E-state index contributed by atoms with van der Waals surface area (Å²) in [6.45, 7) is 1.28. The van der Waals surface area contributed by atoms with Gasteiger partial charge in [0.05, 0.1) is 6.54 Å². The van der Waals surface area contributed by atoms with Crippen LogP contribution in [0.1, 0.15) is 25.3 Å². The van der Waals surface area contributed by atoms with Gasteiger partial charge in [-0.2, -0.15) is 0 Å². The third-order valence-corrected chi connectivity index (χ3v) is 3.27. The van der Waals surface area contributed by atoms with Gasteiger partial charge in [-0.3, -0.25) is 24.1 Å². The van der Waals surface area contributed by atoms with Crippen LogP contribution in [0.2, 0.25) is 0 Å². The quantitative estimate of drug-likeness (QED) is 0.612. The summed E-state index contributed by atoms with van der Waals surface area (Å²) in [6, 6.07) is 6.96. The number of anilines is 1. The number of nitrogens with one attached hydrogen (secondary N) is 2. The fourth-order valence-electron chi connectivity index (χ4n) is 2.13. The zero-order valence-corrected chi connectivity index (χ0v) is 13.2. The van der Waals surface area contributed by atoms with Crippen LogP contribution in [0.4, 0.5) is 5.69 Å². The van der Waals surface area contributed by atoms with Crippen LogP contribution in [0.3, 0.4) is 0 Å². The van der Waals surface area contributed by atoms with Crippen molar-refractivity contribution in [3.63, 3.8) is 0 Å². The van der Waals surface area contributed by atoms with Crippen molar-refractivity contribution in [2.75, 3.05) is 18.4 Å². The Morgan fingerprint density at radius 1 is 1.12 bits per heavy atom. The van der Waals surface area contributed by atoms with Crippen LogP contribution in [-0.2, 0) is 19.2 Å². The smallest absolute Gasteiger partial charge is 0.240 e. The van der Waals surface area contributed by atoms with Crippen molar-refractivity contribution < 1.29 is 19.2 Å².